The molecular formula is C13H9BrN2O2. The minimum absolute atomic E-state index is 0.383. The van der Waals surface area contributed by atoms with Crippen LogP contribution in [0, 0.1) is 0 Å². The van der Waals surface area contributed by atoms with Crippen LogP contribution in [0.25, 0.3) is 11.2 Å². The highest BCUT2D eigenvalue weighted by atomic mass is 79.9. The van der Waals surface area contributed by atoms with E-state index in [1.165, 1.54) is 4.57 Å². The fraction of sp³-hybridized carbons (Fsp3) is 0.0769. The Hall–Kier alpha value is -1.88. The van der Waals surface area contributed by atoms with E-state index in [-0.39, 0.29) is 5.76 Å². The maximum Gasteiger partial charge on any atom is 0.421 e. The molecule has 5 heteroatoms. The van der Waals surface area contributed by atoms with Gasteiger partial charge in [0, 0.05) is 10.7 Å². The van der Waals surface area contributed by atoms with Gasteiger partial charge < -0.3 is 4.42 Å². The Kier molecular flexibility index (Phi) is 2.76. The molecule has 0 unspecified atom stereocenters. The smallest absolute Gasteiger partial charge is 0.406 e. The first-order valence-corrected chi connectivity index (χ1v) is 6.22. The third-order valence-electron chi connectivity index (χ3n) is 2.68. The van der Waals surface area contributed by atoms with Crippen LogP contribution in [0.4, 0.5) is 0 Å². The van der Waals surface area contributed by atoms with Crippen molar-refractivity contribution in [2.45, 2.75) is 6.54 Å². The molecule has 0 saturated heterocycles. The lowest BCUT2D eigenvalue weighted by Gasteiger charge is -2.01. The van der Waals surface area contributed by atoms with E-state index < -0.39 is 0 Å². The quantitative estimate of drug-likeness (QED) is 0.731. The summed E-state index contributed by atoms with van der Waals surface area (Å²) in [5.74, 6) is -0.383. The molecule has 0 aliphatic rings. The second kappa shape index (κ2) is 4.42. The second-order valence-corrected chi connectivity index (χ2v) is 4.82. The summed E-state index contributed by atoms with van der Waals surface area (Å²) in [7, 11) is 0. The zero-order valence-corrected chi connectivity index (χ0v) is 10.9. The van der Waals surface area contributed by atoms with E-state index in [9.17, 15) is 4.79 Å². The number of aromatic nitrogens is 2. The molecule has 0 aliphatic heterocycles. The lowest BCUT2D eigenvalue weighted by atomic mass is 10.2. The van der Waals surface area contributed by atoms with Gasteiger partial charge in [-0.1, -0.05) is 28.1 Å². The van der Waals surface area contributed by atoms with Crippen molar-refractivity contribution in [3.05, 3.63) is 63.2 Å². The Morgan fingerprint density at radius 3 is 2.78 bits per heavy atom. The van der Waals surface area contributed by atoms with Crippen LogP contribution in [0.1, 0.15) is 5.56 Å². The standard InChI is InChI=1S/C13H9BrN2O2/c14-10-5-3-9(4-6-10)8-16-12-11(18-13(16)17)2-1-7-15-12/h1-7H,8H2. The van der Waals surface area contributed by atoms with Crippen LogP contribution in [-0.4, -0.2) is 9.55 Å². The number of pyridine rings is 1. The van der Waals surface area contributed by atoms with Crippen LogP contribution >= 0.6 is 15.9 Å². The number of halogens is 1. The molecule has 2 aromatic heterocycles. The number of oxazole rings is 1. The Morgan fingerprint density at radius 1 is 1.22 bits per heavy atom. The predicted molar refractivity (Wildman–Crippen MR) is 71.5 cm³/mol. The number of hydrogen-bond acceptors (Lipinski definition) is 3. The lowest BCUT2D eigenvalue weighted by Crippen LogP contribution is -2.15. The second-order valence-electron chi connectivity index (χ2n) is 3.91. The molecule has 0 N–H and O–H groups in total. The van der Waals surface area contributed by atoms with Crippen LogP contribution in [0.2, 0.25) is 0 Å². The zero-order valence-electron chi connectivity index (χ0n) is 9.34. The SMILES string of the molecule is O=c1oc2cccnc2n1Cc1ccc(Br)cc1. The van der Waals surface area contributed by atoms with E-state index >= 15 is 0 Å². The molecule has 4 nitrogen and oxygen atoms in total. The van der Waals surface area contributed by atoms with E-state index in [2.05, 4.69) is 20.9 Å². The van der Waals surface area contributed by atoms with E-state index in [1.807, 2.05) is 24.3 Å². The topological polar surface area (TPSA) is 48.0 Å². The van der Waals surface area contributed by atoms with Gasteiger partial charge in [-0.25, -0.2) is 9.78 Å². The molecular weight excluding hydrogens is 296 g/mol. The van der Waals surface area contributed by atoms with E-state index in [0.717, 1.165) is 10.0 Å². The molecule has 0 spiro atoms. The third-order valence-corrected chi connectivity index (χ3v) is 3.21. The van der Waals surface area contributed by atoms with Gasteiger partial charge in [0.15, 0.2) is 11.2 Å². The molecule has 3 rings (SSSR count). The van der Waals surface area contributed by atoms with E-state index in [1.54, 1.807) is 18.3 Å². The molecule has 18 heavy (non-hydrogen) atoms. The minimum Gasteiger partial charge on any atom is -0.406 e. The predicted octanol–water partition coefficient (Wildman–Crippen LogP) is 2.80. The van der Waals surface area contributed by atoms with Crippen molar-refractivity contribution in [3.8, 4) is 0 Å². The van der Waals surface area contributed by atoms with Crippen molar-refractivity contribution in [3.63, 3.8) is 0 Å². The molecule has 0 bridgehead atoms. The third kappa shape index (κ3) is 1.97. The summed E-state index contributed by atoms with van der Waals surface area (Å²) in [5.41, 5.74) is 2.11. The highest BCUT2D eigenvalue weighted by Gasteiger charge is 2.09. The van der Waals surface area contributed by atoms with Gasteiger partial charge in [0.25, 0.3) is 0 Å². The van der Waals surface area contributed by atoms with Crippen LogP contribution in [0.15, 0.2) is 56.3 Å². The monoisotopic (exact) mass is 304 g/mol. The fourth-order valence-corrected chi connectivity index (χ4v) is 2.08. The molecule has 2 heterocycles. The number of rotatable bonds is 2. The first kappa shape index (κ1) is 11.2. The molecule has 0 amide bonds. The van der Waals surface area contributed by atoms with Crippen molar-refractivity contribution in [2.24, 2.45) is 0 Å². The van der Waals surface area contributed by atoms with Crippen LogP contribution in [-0.2, 0) is 6.54 Å². The highest BCUT2D eigenvalue weighted by molar-refractivity contribution is 9.10. The van der Waals surface area contributed by atoms with Crippen molar-refractivity contribution < 1.29 is 4.42 Å². The van der Waals surface area contributed by atoms with Gasteiger partial charge in [0.1, 0.15) is 0 Å². The van der Waals surface area contributed by atoms with Crippen LogP contribution in [0.5, 0.6) is 0 Å². The Morgan fingerprint density at radius 2 is 2.00 bits per heavy atom. The Bertz CT molecular complexity index is 744. The Balaban J connectivity index is 2.07. The van der Waals surface area contributed by atoms with Crippen LogP contribution in [0.3, 0.4) is 0 Å². The first-order chi connectivity index (χ1) is 8.74. The van der Waals surface area contributed by atoms with Gasteiger partial charge in [-0.3, -0.25) is 4.57 Å². The van der Waals surface area contributed by atoms with Crippen molar-refractivity contribution in [1.29, 1.82) is 0 Å². The maximum absolute atomic E-state index is 11.8. The number of benzene rings is 1. The summed E-state index contributed by atoms with van der Waals surface area (Å²) < 4.78 is 7.67. The summed E-state index contributed by atoms with van der Waals surface area (Å²) in [6.07, 6.45) is 1.65. The summed E-state index contributed by atoms with van der Waals surface area (Å²) >= 11 is 3.38. The average Bonchev–Trinajstić information content (AvgIpc) is 2.69. The van der Waals surface area contributed by atoms with Gasteiger partial charge in [-0.2, -0.15) is 0 Å². The molecule has 0 aliphatic carbocycles. The van der Waals surface area contributed by atoms with Crippen molar-refractivity contribution in [2.75, 3.05) is 0 Å². The fourth-order valence-electron chi connectivity index (χ4n) is 1.81. The van der Waals surface area contributed by atoms with Crippen LogP contribution < -0.4 is 5.76 Å². The normalized spacial score (nSPS) is 10.9. The lowest BCUT2D eigenvalue weighted by molar-refractivity contribution is 0.517. The molecule has 0 atom stereocenters. The van der Waals surface area contributed by atoms with E-state index in [4.69, 9.17) is 4.42 Å². The summed E-state index contributed by atoms with van der Waals surface area (Å²) in [4.78, 5) is 15.9. The number of nitrogens with zero attached hydrogens (tertiary/aromatic N) is 2. The number of hydrogen-bond donors (Lipinski definition) is 0. The average molecular weight is 305 g/mol. The summed E-state index contributed by atoms with van der Waals surface area (Å²) in [6, 6.07) is 11.3. The largest absolute Gasteiger partial charge is 0.421 e. The van der Waals surface area contributed by atoms with Gasteiger partial charge >= 0.3 is 5.76 Å². The van der Waals surface area contributed by atoms with Crippen molar-refractivity contribution in [1.82, 2.24) is 9.55 Å². The first-order valence-electron chi connectivity index (χ1n) is 5.43. The molecule has 0 radical (unpaired) electrons. The molecule has 0 saturated carbocycles. The molecule has 0 fully saturated rings. The zero-order chi connectivity index (χ0) is 12.5. The molecule has 90 valence electrons. The molecule has 1 aromatic carbocycles. The summed E-state index contributed by atoms with van der Waals surface area (Å²) in [6.45, 7) is 0.454. The van der Waals surface area contributed by atoms with Gasteiger partial charge in [-0.15, -0.1) is 0 Å². The highest BCUT2D eigenvalue weighted by Crippen LogP contribution is 2.14. The minimum atomic E-state index is -0.383. The number of fused-ring (bicyclic) bond motifs is 1. The van der Waals surface area contributed by atoms with E-state index in [0.29, 0.717) is 17.8 Å². The Labute approximate surface area is 111 Å². The molecule has 3 aromatic rings. The van der Waals surface area contributed by atoms with Crippen molar-refractivity contribution >= 4 is 27.2 Å². The van der Waals surface area contributed by atoms with Gasteiger partial charge in [0.05, 0.1) is 6.54 Å². The van der Waals surface area contributed by atoms with Gasteiger partial charge in [-0.05, 0) is 29.8 Å². The summed E-state index contributed by atoms with van der Waals surface area (Å²) in [5, 5.41) is 0. The van der Waals surface area contributed by atoms with Gasteiger partial charge in [0.2, 0.25) is 0 Å². The maximum atomic E-state index is 11.8.